The second kappa shape index (κ2) is 8.75. The number of amides is 1. The quantitative estimate of drug-likeness (QED) is 0.524. The number of thiophene rings is 1. The molecule has 0 saturated heterocycles. The molecular formula is C21H26N4O3S. The molecule has 0 fully saturated rings. The highest BCUT2D eigenvalue weighted by atomic mass is 32.1. The molecule has 0 radical (unpaired) electrons. The zero-order valence-electron chi connectivity index (χ0n) is 17.1. The van der Waals surface area contributed by atoms with E-state index in [2.05, 4.69) is 26.7 Å². The van der Waals surface area contributed by atoms with Crippen molar-refractivity contribution in [2.45, 2.75) is 32.7 Å². The van der Waals surface area contributed by atoms with E-state index in [4.69, 9.17) is 4.74 Å². The lowest BCUT2D eigenvalue weighted by atomic mass is 10.1. The van der Waals surface area contributed by atoms with Crippen molar-refractivity contribution in [3.63, 3.8) is 0 Å². The van der Waals surface area contributed by atoms with Crippen LogP contribution in [0.5, 0.6) is 5.75 Å². The fourth-order valence-corrected chi connectivity index (χ4v) is 4.02. The number of ether oxygens (including phenoxy) is 1. The summed E-state index contributed by atoms with van der Waals surface area (Å²) in [5, 5.41) is 16.5. The Bertz CT molecular complexity index is 1020. The molecule has 0 atom stereocenters. The third-order valence-corrected chi connectivity index (χ3v) is 5.82. The van der Waals surface area contributed by atoms with E-state index in [1.807, 2.05) is 25.1 Å². The van der Waals surface area contributed by atoms with E-state index >= 15 is 0 Å². The molecule has 2 heterocycles. The molecule has 0 aliphatic rings. The van der Waals surface area contributed by atoms with Crippen molar-refractivity contribution in [3.05, 3.63) is 46.6 Å². The number of anilines is 1. The van der Waals surface area contributed by atoms with Gasteiger partial charge in [-0.15, -0.1) is 11.3 Å². The van der Waals surface area contributed by atoms with Gasteiger partial charge in [0.2, 0.25) is 0 Å². The highest BCUT2D eigenvalue weighted by Gasteiger charge is 2.24. The predicted molar refractivity (Wildman–Crippen MR) is 116 cm³/mol. The van der Waals surface area contributed by atoms with Crippen LogP contribution in [0.4, 0.5) is 5.82 Å². The first-order chi connectivity index (χ1) is 13.8. The number of aliphatic hydroxyl groups is 1. The van der Waals surface area contributed by atoms with Gasteiger partial charge in [-0.05, 0) is 50.5 Å². The van der Waals surface area contributed by atoms with Gasteiger partial charge in [0.25, 0.3) is 5.91 Å². The summed E-state index contributed by atoms with van der Waals surface area (Å²) in [4.78, 5) is 22.7. The number of nitrogens with zero attached hydrogens (tertiary/aromatic N) is 2. The highest BCUT2D eigenvalue weighted by molar-refractivity contribution is 7.20. The number of aryl methyl sites for hydroxylation is 1. The van der Waals surface area contributed by atoms with Crippen LogP contribution in [-0.4, -0.2) is 46.8 Å². The van der Waals surface area contributed by atoms with Crippen LogP contribution >= 0.6 is 11.3 Å². The zero-order valence-corrected chi connectivity index (χ0v) is 17.9. The second-order valence-corrected chi connectivity index (χ2v) is 8.48. The van der Waals surface area contributed by atoms with Gasteiger partial charge in [0.15, 0.2) is 0 Å². The first-order valence-corrected chi connectivity index (χ1v) is 10.2. The molecule has 154 valence electrons. The lowest BCUT2D eigenvalue weighted by molar-refractivity contribution is 0.0873. The predicted octanol–water partition coefficient (Wildman–Crippen LogP) is 3.16. The normalized spacial score (nSPS) is 11.5. The topological polar surface area (TPSA) is 96.4 Å². The number of benzene rings is 1. The molecule has 8 heteroatoms. The van der Waals surface area contributed by atoms with Crippen LogP contribution in [0.15, 0.2) is 30.6 Å². The van der Waals surface area contributed by atoms with Crippen LogP contribution in [-0.2, 0) is 6.42 Å². The molecule has 1 aromatic carbocycles. The van der Waals surface area contributed by atoms with Crippen molar-refractivity contribution in [2.75, 3.05) is 25.6 Å². The minimum Gasteiger partial charge on any atom is -0.497 e. The third-order valence-electron chi connectivity index (χ3n) is 4.62. The standard InChI is InChI=1S/C21H26N4O3S/c1-13-16-18(22-9-8-14-6-5-7-15(10-14)28-4)23-12-24-20(16)29-17(13)19(27)25-21(2,3)11-26/h5-7,10,12,26H,8-9,11H2,1-4H3,(H,25,27)(H,22,23,24). The van der Waals surface area contributed by atoms with E-state index < -0.39 is 5.54 Å². The molecule has 0 bridgehead atoms. The van der Waals surface area contributed by atoms with Crippen LogP contribution in [0.1, 0.15) is 34.6 Å². The Morgan fingerprint density at radius 3 is 2.83 bits per heavy atom. The number of rotatable bonds is 8. The Labute approximate surface area is 174 Å². The maximum absolute atomic E-state index is 12.7. The molecule has 0 aliphatic heterocycles. The molecule has 3 aromatic rings. The van der Waals surface area contributed by atoms with E-state index in [9.17, 15) is 9.90 Å². The average Bonchev–Trinajstić information content (AvgIpc) is 3.05. The first kappa shape index (κ1) is 21.0. The van der Waals surface area contributed by atoms with Crippen molar-refractivity contribution in [1.82, 2.24) is 15.3 Å². The maximum atomic E-state index is 12.7. The fraction of sp³-hybridized carbons (Fsp3) is 0.381. The molecule has 0 spiro atoms. The molecule has 1 amide bonds. The van der Waals surface area contributed by atoms with Crippen molar-refractivity contribution in [3.8, 4) is 5.75 Å². The number of carbonyl (C=O) groups excluding carboxylic acids is 1. The van der Waals surface area contributed by atoms with Crippen molar-refractivity contribution < 1.29 is 14.6 Å². The van der Waals surface area contributed by atoms with Crippen molar-refractivity contribution in [1.29, 1.82) is 0 Å². The van der Waals surface area contributed by atoms with E-state index in [1.165, 1.54) is 17.7 Å². The van der Waals surface area contributed by atoms with Gasteiger partial charge in [-0.3, -0.25) is 4.79 Å². The largest absolute Gasteiger partial charge is 0.497 e. The smallest absolute Gasteiger partial charge is 0.262 e. The maximum Gasteiger partial charge on any atom is 0.262 e. The Hall–Kier alpha value is -2.71. The molecular weight excluding hydrogens is 388 g/mol. The summed E-state index contributed by atoms with van der Waals surface area (Å²) in [7, 11) is 1.66. The van der Waals surface area contributed by atoms with Gasteiger partial charge in [-0.1, -0.05) is 12.1 Å². The molecule has 0 unspecified atom stereocenters. The number of carbonyl (C=O) groups is 1. The number of hydrogen-bond acceptors (Lipinski definition) is 7. The van der Waals surface area contributed by atoms with Crippen LogP contribution < -0.4 is 15.4 Å². The minimum atomic E-state index is -0.691. The van der Waals surface area contributed by atoms with Gasteiger partial charge in [-0.2, -0.15) is 0 Å². The molecule has 3 rings (SSSR count). The highest BCUT2D eigenvalue weighted by Crippen LogP contribution is 2.33. The molecule has 3 N–H and O–H groups in total. The molecule has 0 saturated carbocycles. The average molecular weight is 415 g/mol. The molecule has 29 heavy (non-hydrogen) atoms. The minimum absolute atomic E-state index is 0.139. The molecule has 7 nitrogen and oxygen atoms in total. The van der Waals surface area contributed by atoms with Crippen LogP contribution in [0.25, 0.3) is 10.2 Å². The van der Waals surface area contributed by atoms with E-state index in [-0.39, 0.29) is 12.5 Å². The zero-order chi connectivity index (χ0) is 21.0. The van der Waals surface area contributed by atoms with E-state index in [1.54, 1.807) is 21.0 Å². The summed E-state index contributed by atoms with van der Waals surface area (Å²) >= 11 is 1.33. The first-order valence-electron chi connectivity index (χ1n) is 9.39. The lowest BCUT2D eigenvalue weighted by Gasteiger charge is -2.23. The Balaban J connectivity index is 1.78. The SMILES string of the molecule is COc1cccc(CCNc2ncnc3sc(C(=O)NC(C)(C)CO)c(C)c23)c1. The summed E-state index contributed by atoms with van der Waals surface area (Å²) in [5.41, 5.74) is 1.31. The van der Waals surface area contributed by atoms with Crippen molar-refractivity contribution >= 4 is 33.3 Å². The Morgan fingerprint density at radius 1 is 1.31 bits per heavy atom. The number of hydrogen-bond donors (Lipinski definition) is 3. The van der Waals surface area contributed by atoms with Gasteiger partial charge in [0.1, 0.15) is 22.7 Å². The Morgan fingerprint density at radius 2 is 2.10 bits per heavy atom. The number of aliphatic hydroxyl groups excluding tert-OH is 1. The Kier molecular flexibility index (Phi) is 6.34. The number of methoxy groups -OCH3 is 1. The summed E-state index contributed by atoms with van der Waals surface area (Å²) < 4.78 is 5.27. The molecule has 2 aromatic heterocycles. The van der Waals surface area contributed by atoms with E-state index in [0.717, 1.165) is 33.5 Å². The fourth-order valence-electron chi connectivity index (χ4n) is 2.98. The van der Waals surface area contributed by atoms with Crippen molar-refractivity contribution in [2.24, 2.45) is 0 Å². The van der Waals surface area contributed by atoms with Gasteiger partial charge in [0, 0.05) is 6.54 Å². The second-order valence-electron chi connectivity index (χ2n) is 7.48. The van der Waals surface area contributed by atoms with Gasteiger partial charge < -0.3 is 20.5 Å². The third kappa shape index (κ3) is 4.83. The van der Waals surface area contributed by atoms with E-state index in [0.29, 0.717) is 17.2 Å². The number of nitrogens with one attached hydrogen (secondary N) is 2. The van der Waals surface area contributed by atoms with Crippen LogP contribution in [0.2, 0.25) is 0 Å². The summed E-state index contributed by atoms with van der Waals surface area (Å²) in [6.45, 7) is 6.00. The summed E-state index contributed by atoms with van der Waals surface area (Å²) in [6, 6.07) is 7.96. The summed E-state index contributed by atoms with van der Waals surface area (Å²) in [6.07, 6.45) is 2.31. The number of aromatic nitrogens is 2. The monoisotopic (exact) mass is 414 g/mol. The van der Waals surface area contributed by atoms with Gasteiger partial charge in [-0.25, -0.2) is 9.97 Å². The number of fused-ring (bicyclic) bond motifs is 1. The van der Waals surface area contributed by atoms with Crippen LogP contribution in [0.3, 0.4) is 0 Å². The van der Waals surface area contributed by atoms with Gasteiger partial charge >= 0.3 is 0 Å². The van der Waals surface area contributed by atoms with Gasteiger partial charge in [0.05, 0.1) is 29.5 Å². The summed E-state index contributed by atoms with van der Waals surface area (Å²) in [5.74, 6) is 1.33. The van der Waals surface area contributed by atoms with Crippen LogP contribution in [0, 0.1) is 6.92 Å². The lowest BCUT2D eigenvalue weighted by Crippen LogP contribution is -2.46. The molecule has 0 aliphatic carbocycles.